The molecule has 4 heterocycles. The van der Waals surface area contributed by atoms with Gasteiger partial charge in [0, 0.05) is 59.8 Å². The second-order valence-corrected chi connectivity index (χ2v) is 17.9. The number of ether oxygens (including phenoxy) is 2. The number of morpholine rings is 2. The van der Waals surface area contributed by atoms with Gasteiger partial charge in [-0.2, -0.15) is 26.0 Å². The number of halogens is 10. The first-order valence-corrected chi connectivity index (χ1v) is 24.1. The van der Waals surface area contributed by atoms with Gasteiger partial charge in [0.1, 0.15) is 29.9 Å². The average molecular weight is 1090 g/mol. The minimum Gasteiger partial charge on any atom is -0.415 e. The van der Waals surface area contributed by atoms with Gasteiger partial charge >= 0.3 is 12.9 Å². The Kier molecular flexibility index (Phi) is 20.2. The van der Waals surface area contributed by atoms with E-state index >= 15 is 0 Å². The van der Waals surface area contributed by atoms with Crippen LogP contribution in [0, 0.1) is 23.3 Å². The highest BCUT2D eigenvalue weighted by molar-refractivity contribution is 7.86. The van der Waals surface area contributed by atoms with E-state index in [-0.39, 0.29) is 68.8 Å². The summed E-state index contributed by atoms with van der Waals surface area (Å²) in [4.78, 5) is 29.9. The molecule has 28 heteroatoms. The van der Waals surface area contributed by atoms with Crippen LogP contribution in [-0.4, -0.2) is 118 Å². The second-order valence-electron chi connectivity index (χ2n) is 15.5. The molecule has 0 spiro atoms. The van der Waals surface area contributed by atoms with Crippen molar-refractivity contribution in [3.63, 3.8) is 0 Å². The maximum Gasteiger partial charge on any atom is 0.314 e. The van der Waals surface area contributed by atoms with E-state index in [0.717, 1.165) is 67.8 Å². The first-order valence-electron chi connectivity index (χ1n) is 21.5. The highest BCUT2D eigenvalue weighted by Gasteiger charge is 2.26. The predicted octanol–water partition coefficient (Wildman–Crippen LogP) is 8.19. The van der Waals surface area contributed by atoms with Crippen molar-refractivity contribution >= 4 is 56.5 Å². The van der Waals surface area contributed by atoms with E-state index in [2.05, 4.69) is 29.9 Å². The van der Waals surface area contributed by atoms with Gasteiger partial charge in [-0.25, -0.2) is 17.6 Å². The number of aromatic nitrogens is 4. The summed E-state index contributed by atoms with van der Waals surface area (Å²) in [6.45, 7) is 4.51. The number of hydrogen-bond donors (Lipinski definition) is 1. The molecule has 73 heavy (non-hydrogen) atoms. The van der Waals surface area contributed by atoms with Crippen LogP contribution in [0.25, 0.3) is 22.9 Å². The molecule has 2 aliphatic rings. The van der Waals surface area contributed by atoms with Crippen LogP contribution >= 0.6 is 23.2 Å². The van der Waals surface area contributed by atoms with Gasteiger partial charge in [0.15, 0.2) is 0 Å². The zero-order valence-corrected chi connectivity index (χ0v) is 40.4. The molecule has 0 saturated carbocycles. The monoisotopic (exact) mass is 1090 g/mol. The second kappa shape index (κ2) is 26.2. The lowest BCUT2D eigenvalue weighted by Gasteiger charge is -2.30. The van der Waals surface area contributed by atoms with Gasteiger partial charge in [-0.1, -0.05) is 35.3 Å². The molecule has 2 saturated heterocycles. The number of amides is 2. The zero-order valence-electron chi connectivity index (χ0n) is 38.1. The molecule has 392 valence electrons. The highest BCUT2D eigenvalue weighted by atomic mass is 35.5. The fourth-order valence-electron chi connectivity index (χ4n) is 6.58. The quantitative estimate of drug-likeness (QED) is 0.0763. The molecule has 2 amide bonds. The van der Waals surface area contributed by atoms with E-state index in [0.29, 0.717) is 32.0 Å². The van der Waals surface area contributed by atoms with Crippen LogP contribution in [0.5, 0.6) is 0 Å². The van der Waals surface area contributed by atoms with E-state index in [1.54, 1.807) is 0 Å². The van der Waals surface area contributed by atoms with Crippen molar-refractivity contribution in [3.8, 4) is 22.9 Å². The van der Waals surface area contributed by atoms with Crippen LogP contribution in [0.15, 0.2) is 81.6 Å². The SMILES string of the molecule is C1COCCN1.CS(=O)(=O)OCC(=O)N(Cc1ccc(-c2nnc(C(F)F)o2)cc1F)c1ccc(F)c(Cl)c1.O=C(CN1CCOCC1)N(Cc1ccc(-c2nnc(C(F)F)o2)cc1F)c1ccc(F)c(Cl)c1. The van der Waals surface area contributed by atoms with Crippen molar-refractivity contribution in [2.75, 3.05) is 81.8 Å². The number of carbonyl (C=O) groups excluding carboxylic acids is 2. The van der Waals surface area contributed by atoms with Crippen LogP contribution in [-0.2, 0) is 46.5 Å². The Bertz CT molecular complexity index is 2940. The topological polar surface area (TPSA) is 196 Å². The predicted molar refractivity (Wildman–Crippen MR) is 246 cm³/mol. The molecule has 2 aliphatic heterocycles. The van der Waals surface area contributed by atoms with Crippen LogP contribution in [0.4, 0.5) is 46.5 Å². The van der Waals surface area contributed by atoms with Gasteiger partial charge in [-0.05, 0) is 60.7 Å². The summed E-state index contributed by atoms with van der Waals surface area (Å²) in [5.41, 5.74) is 0.543. The minimum atomic E-state index is -3.96. The Hall–Kier alpha value is -6.13. The lowest BCUT2D eigenvalue weighted by atomic mass is 10.1. The van der Waals surface area contributed by atoms with Gasteiger partial charge in [0.2, 0.25) is 17.7 Å². The third-order valence-electron chi connectivity index (χ3n) is 10.2. The molecule has 0 atom stereocenters. The van der Waals surface area contributed by atoms with Crippen molar-refractivity contribution in [1.29, 1.82) is 0 Å². The van der Waals surface area contributed by atoms with Crippen molar-refractivity contribution in [1.82, 2.24) is 30.6 Å². The Morgan fingerprint density at radius 3 is 1.48 bits per heavy atom. The van der Waals surface area contributed by atoms with Crippen LogP contribution < -0.4 is 15.1 Å². The first kappa shape index (κ1) is 56.2. The Balaban J connectivity index is 0.000000213. The molecule has 2 fully saturated rings. The van der Waals surface area contributed by atoms with E-state index in [1.807, 2.05) is 4.90 Å². The molecule has 17 nitrogen and oxygen atoms in total. The lowest BCUT2D eigenvalue weighted by Crippen LogP contribution is -2.44. The summed E-state index contributed by atoms with van der Waals surface area (Å²) in [5.74, 6) is -6.61. The summed E-state index contributed by atoms with van der Waals surface area (Å²) < 4.78 is 154. The molecule has 1 N–H and O–H groups in total. The number of nitrogens with zero attached hydrogens (tertiary/aromatic N) is 7. The molecule has 6 aromatic rings. The molecular weight excluding hydrogens is 1050 g/mol. The summed E-state index contributed by atoms with van der Waals surface area (Å²) in [7, 11) is -3.96. The van der Waals surface area contributed by atoms with Gasteiger partial charge in [0.25, 0.3) is 27.8 Å². The van der Waals surface area contributed by atoms with Crippen molar-refractivity contribution in [2.45, 2.75) is 25.9 Å². The number of hydrogen-bond acceptors (Lipinski definition) is 15. The molecule has 0 unspecified atom stereocenters. The number of nitrogens with one attached hydrogen (secondary N) is 1. The van der Waals surface area contributed by atoms with Crippen molar-refractivity contribution < 1.29 is 75.6 Å². The maximum atomic E-state index is 15.0. The summed E-state index contributed by atoms with van der Waals surface area (Å²) in [6, 6.07) is 14.4. The number of carbonyl (C=O) groups is 2. The highest BCUT2D eigenvalue weighted by Crippen LogP contribution is 2.30. The summed E-state index contributed by atoms with van der Waals surface area (Å²) in [5, 5.41) is 16.0. The first-order chi connectivity index (χ1) is 34.8. The van der Waals surface area contributed by atoms with Crippen molar-refractivity contribution in [3.05, 3.63) is 129 Å². The Labute approximate surface area is 421 Å². The Morgan fingerprint density at radius 2 is 1.11 bits per heavy atom. The Morgan fingerprint density at radius 1 is 0.658 bits per heavy atom. The molecule has 8 rings (SSSR count). The number of alkyl halides is 4. The fourth-order valence-corrected chi connectivity index (χ4v) is 7.24. The van der Waals surface area contributed by atoms with E-state index < -0.39 is 77.1 Å². The van der Waals surface area contributed by atoms with Crippen LogP contribution in [0.3, 0.4) is 0 Å². The summed E-state index contributed by atoms with van der Waals surface area (Å²) >= 11 is 11.7. The molecule has 4 aromatic carbocycles. The molecule has 0 radical (unpaired) electrons. The van der Waals surface area contributed by atoms with Crippen LogP contribution in [0.2, 0.25) is 10.0 Å². The van der Waals surface area contributed by atoms with Gasteiger partial charge in [-0.15, -0.1) is 20.4 Å². The number of rotatable bonds is 15. The van der Waals surface area contributed by atoms with E-state index in [9.17, 15) is 53.1 Å². The largest absolute Gasteiger partial charge is 0.415 e. The lowest BCUT2D eigenvalue weighted by molar-refractivity contribution is -0.121. The number of benzene rings is 4. The van der Waals surface area contributed by atoms with Crippen LogP contribution in [0.1, 0.15) is 35.8 Å². The fraction of sp³-hybridized carbons (Fsp3) is 0.333. The third-order valence-corrected chi connectivity index (χ3v) is 11.4. The normalized spacial score (nSPS) is 14.0. The molecular formula is C45H42Cl2F8N8O9S. The van der Waals surface area contributed by atoms with Gasteiger partial charge < -0.3 is 33.4 Å². The molecule has 0 bridgehead atoms. The van der Waals surface area contributed by atoms with E-state index in [4.69, 9.17) is 41.5 Å². The molecule has 0 aliphatic carbocycles. The van der Waals surface area contributed by atoms with Gasteiger partial charge in [0.05, 0.1) is 62.4 Å². The minimum absolute atomic E-state index is 0.0127. The summed E-state index contributed by atoms with van der Waals surface area (Å²) in [6.07, 6.45) is -5.19. The van der Waals surface area contributed by atoms with Crippen molar-refractivity contribution in [2.24, 2.45) is 0 Å². The van der Waals surface area contributed by atoms with Gasteiger partial charge in [-0.3, -0.25) is 18.7 Å². The zero-order chi connectivity index (χ0) is 52.8. The number of anilines is 2. The molecule has 2 aromatic heterocycles. The average Bonchev–Trinajstić information content (AvgIpc) is 4.08. The maximum absolute atomic E-state index is 15.0. The third kappa shape index (κ3) is 16.4. The standard InChI is InChI=1S/C22H19ClF4N4O3.C19H14ClF4N3O5S.C4H9NO/c23-16-10-15(3-4-17(16)24)31(19(32)12-30-5-7-33-8-6-30)11-14-2-1-13(9-18(14)25)21-28-29-22(34-21)20(26)27;1-33(29,30)31-9-16(28)27(12-4-5-14(21)13(20)7-12)8-11-3-2-10(6-15(11)22)18-25-26-19(32-18)17(23)24;1-3-6-4-2-5-1/h1-4,9-10,20H,5-8,11-12H2;2-7,17H,8-9H2,1H3;5H,1-4H2. The van der Waals surface area contributed by atoms with E-state index in [1.165, 1.54) is 47.4 Å². The smallest absolute Gasteiger partial charge is 0.314 e.